The van der Waals surface area contributed by atoms with Crippen molar-refractivity contribution in [1.29, 1.82) is 0 Å². The van der Waals surface area contributed by atoms with Gasteiger partial charge in [-0.05, 0) is 6.42 Å². The van der Waals surface area contributed by atoms with Gasteiger partial charge in [-0.25, -0.2) is 5.48 Å². The lowest BCUT2D eigenvalue weighted by atomic mass is 10.2. The first-order valence-corrected chi connectivity index (χ1v) is 4.97. The molecule has 14 heavy (non-hydrogen) atoms. The summed E-state index contributed by atoms with van der Waals surface area (Å²) in [6, 6.07) is 0. The highest BCUT2D eigenvalue weighted by atomic mass is 19.4. The number of hydrogen-bond donors (Lipinski definition) is 1. The number of nitrogens with one attached hydrogen (secondary N) is 1. The maximum atomic E-state index is 11.6. The average Bonchev–Trinajstić information content (AvgIpc) is 2.08. The minimum Gasteiger partial charge on any atom is -0.292 e. The molecular formula is C9H18F3NO. The summed E-state index contributed by atoms with van der Waals surface area (Å²) in [6.07, 6.45) is 1.14. The maximum absolute atomic E-state index is 11.6. The molecule has 0 heterocycles. The molecule has 5 heteroatoms. The Hall–Kier alpha value is -0.290. The minimum absolute atomic E-state index is 0.486. The zero-order valence-corrected chi connectivity index (χ0v) is 8.49. The molecule has 0 atom stereocenters. The van der Waals surface area contributed by atoms with E-state index in [2.05, 4.69) is 17.2 Å². The lowest BCUT2D eigenvalue weighted by Crippen LogP contribution is -2.25. The quantitative estimate of drug-likeness (QED) is 0.494. The molecule has 2 nitrogen and oxygen atoms in total. The van der Waals surface area contributed by atoms with Gasteiger partial charge in [0.1, 0.15) is 0 Å². The van der Waals surface area contributed by atoms with Gasteiger partial charge in [-0.2, -0.15) is 13.2 Å². The number of rotatable bonds is 8. The molecule has 0 unspecified atom stereocenters. The second-order valence-electron chi connectivity index (χ2n) is 3.21. The van der Waals surface area contributed by atoms with E-state index < -0.39 is 12.8 Å². The van der Waals surface area contributed by atoms with Crippen LogP contribution in [0.3, 0.4) is 0 Å². The summed E-state index contributed by atoms with van der Waals surface area (Å²) >= 11 is 0. The number of hydroxylamine groups is 1. The first-order valence-electron chi connectivity index (χ1n) is 4.97. The molecule has 0 rings (SSSR count). The van der Waals surface area contributed by atoms with Gasteiger partial charge in [0.05, 0.1) is 0 Å². The molecule has 0 saturated heterocycles. The van der Waals surface area contributed by atoms with Crippen LogP contribution in [-0.4, -0.2) is 19.3 Å². The largest absolute Gasteiger partial charge is 0.413 e. The molecule has 0 aliphatic rings. The van der Waals surface area contributed by atoms with E-state index in [1.54, 1.807) is 0 Å². The van der Waals surface area contributed by atoms with Crippen LogP contribution in [0.1, 0.15) is 39.0 Å². The Morgan fingerprint density at radius 3 is 2.29 bits per heavy atom. The van der Waals surface area contributed by atoms with Crippen LogP contribution in [0.15, 0.2) is 0 Å². The molecule has 0 amide bonds. The van der Waals surface area contributed by atoms with E-state index in [0.717, 1.165) is 25.7 Å². The van der Waals surface area contributed by atoms with Gasteiger partial charge >= 0.3 is 6.18 Å². The fourth-order valence-corrected chi connectivity index (χ4v) is 1.01. The Bertz CT molecular complexity index is 128. The first-order chi connectivity index (χ1) is 6.56. The predicted octanol–water partition coefficient (Wildman–Crippen LogP) is 3.04. The van der Waals surface area contributed by atoms with Gasteiger partial charge < -0.3 is 0 Å². The smallest absolute Gasteiger partial charge is 0.292 e. The molecule has 86 valence electrons. The summed E-state index contributed by atoms with van der Waals surface area (Å²) in [5.74, 6) is 0. The van der Waals surface area contributed by atoms with Gasteiger partial charge in [-0.1, -0.05) is 32.6 Å². The van der Waals surface area contributed by atoms with E-state index in [9.17, 15) is 13.2 Å². The van der Waals surface area contributed by atoms with Crippen LogP contribution in [0.4, 0.5) is 13.2 Å². The number of alkyl halides is 3. The van der Waals surface area contributed by atoms with Gasteiger partial charge in [0, 0.05) is 6.54 Å². The van der Waals surface area contributed by atoms with Crippen LogP contribution in [0.2, 0.25) is 0 Å². The normalized spacial score (nSPS) is 12.0. The Morgan fingerprint density at radius 1 is 1.07 bits per heavy atom. The van der Waals surface area contributed by atoms with Crippen molar-refractivity contribution in [3.05, 3.63) is 0 Å². The van der Waals surface area contributed by atoms with Crippen molar-refractivity contribution in [2.75, 3.05) is 13.2 Å². The highest BCUT2D eigenvalue weighted by Crippen LogP contribution is 2.13. The molecule has 0 spiro atoms. The standard InChI is InChI=1S/C9H18F3NO/c1-2-3-4-5-6-7-13-14-8-9(10,11)12/h13H,2-8H2,1H3. The SMILES string of the molecule is CCCCCCCNOCC(F)(F)F. The molecule has 0 aliphatic carbocycles. The lowest BCUT2D eigenvalue weighted by molar-refractivity contribution is -0.189. The molecule has 0 aliphatic heterocycles. The summed E-state index contributed by atoms with van der Waals surface area (Å²) < 4.78 is 34.7. The van der Waals surface area contributed by atoms with Gasteiger partial charge in [0.25, 0.3) is 0 Å². The molecule has 0 aromatic heterocycles. The lowest BCUT2D eigenvalue weighted by Gasteiger charge is -2.07. The van der Waals surface area contributed by atoms with Crippen LogP contribution < -0.4 is 5.48 Å². The monoisotopic (exact) mass is 213 g/mol. The Labute approximate surface area is 82.8 Å². The molecule has 1 N–H and O–H groups in total. The second-order valence-corrected chi connectivity index (χ2v) is 3.21. The molecule has 0 radical (unpaired) electrons. The van der Waals surface area contributed by atoms with E-state index in [1.165, 1.54) is 6.42 Å². The van der Waals surface area contributed by atoms with Crippen molar-refractivity contribution in [2.24, 2.45) is 0 Å². The van der Waals surface area contributed by atoms with Crippen molar-refractivity contribution in [2.45, 2.75) is 45.2 Å². The number of unbranched alkanes of at least 4 members (excludes halogenated alkanes) is 4. The minimum atomic E-state index is -4.24. The van der Waals surface area contributed by atoms with Gasteiger partial charge in [0.2, 0.25) is 0 Å². The Morgan fingerprint density at radius 2 is 1.71 bits per heavy atom. The molecule has 0 saturated carbocycles. The Kier molecular flexibility index (Phi) is 7.89. The number of hydrogen-bond acceptors (Lipinski definition) is 2. The van der Waals surface area contributed by atoms with Crippen LogP contribution in [-0.2, 0) is 4.84 Å². The van der Waals surface area contributed by atoms with E-state index >= 15 is 0 Å². The molecule has 0 bridgehead atoms. The van der Waals surface area contributed by atoms with E-state index in [1.807, 2.05) is 0 Å². The molecular weight excluding hydrogens is 195 g/mol. The average molecular weight is 213 g/mol. The van der Waals surface area contributed by atoms with E-state index in [4.69, 9.17) is 0 Å². The van der Waals surface area contributed by atoms with Crippen LogP contribution in [0, 0.1) is 0 Å². The fraction of sp³-hybridized carbons (Fsp3) is 1.00. The van der Waals surface area contributed by atoms with Crippen LogP contribution in [0.25, 0.3) is 0 Å². The third-order valence-electron chi connectivity index (χ3n) is 1.72. The predicted molar refractivity (Wildman–Crippen MR) is 48.8 cm³/mol. The third-order valence-corrected chi connectivity index (χ3v) is 1.72. The zero-order valence-electron chi connectivity index (χ0n) is 8.49. The van der Waals surface area contributed by atoms with Crippen LogP contribution >= 0.6 is 0 Å². The number of halogens is 3. The topological polar surface area (TPSA) is 21.3 Å². The zero-order chi connectivity index (χ0) is 10.9. The van der Waals surface area contributed by atoms with Crippen molar-refractivity contribution in [3.63, 3.8) is 0 Å². The van der Waals surface area contributed by atoms with Gasteiger partial charge in [-0.15, -0.1) is 0 Å². The highest BCUT2D eigenvalue weighted by Gasteiger charge is 2.27. The Balaban J connectivity index is 2.99. The maximum Gasteiger partial charge on any atom is 0.413 e. The van der Waals surface area contributed by atoms with Crippen molar-refractivity contribution in [3.8, 4) is 0 Å². The van der Waals surface area contributed by atoms with Crippen LogP contribution in [0.5, 0.6) is 0 Å². The first kappa shape index (κ1) is 13.7. The molecule has 0 aromatic rings. The van der Waals surface area contributed by atoms with Crippen molar-refractivity contribution in [1.82, 2.24) is 5.48 Å². The summed E-state index contributed by atoms with van der Waals surface area (Å²) in [5, 5.41) is 0. The van der Waals surface area contributed by atoms with E-state index in [0.29, 0.717) is 6.54 Å². The molecule has 0 fully saturated rings. The summed E-state index contributed by atoms with van der Waals surface area (Å²) in [4.78, 5) is 4.23. The molecule has 0 aromatic carbocycles. The van der Waals surface area contributed by atoms with Gasteiger partial charge in [-0.3, -0.25) is 4.84 Å². The third kappa shape index (κ3) is 11.7. The summed E-state index contributed by atoms with van der Waals surface area (Å²) in [6.45, 7) is 1.38. The summed E-state index contributed by atoms with van der Waals surface area (Å²) in [5.41, 5.74) is 2.30. The highest BCUT2D eigenvalue weighted by molar-refractivity contribution is 4.45. The second kappa shape index (κ2) is 8.05. The fourth-order valence-electron chi connectivity index (χ4n) is 1.01. The van der Waals surface area contributed by atoms with Crippen molar-refractivity contribution < 1.29 is 18.0 Å². The van der Waals surface area contributed by atoms with E-state index in [-0.39, 0.29) is 0 Å². The summed E-state index contributed by atoms with van der Waals surface area (Å²) in [7, 11) is 0. The van der Waals surface area contributed by atoms with Crippen molar-refractivity contribution >= 4 is 0 Å². The van der Waals surface area contributed by atoms with Gasteiger partial charge in [0.15, 0.2) is 6.61 Å².